The maximum Gasteiger partial charge on any atom is 0.339 e. The third kappa shape index (κ3) is 24.4. The average Bonchev–Trinajstić information content (AvgIpc) is 1.24. The summed E-state index contributed by atoms with van der Waals surface area (Å²) in [6, 6.07) is 7.83. The maximum atomic E-state index is 12.8. The van der Waals surface area contributed by atoms with Crippen LogP contribution in [0.25, 0.3) is 0 Å². The Morgan fingerprint density at radius 2 is 0.726 bits per heavy atom. The molecular weight excluding hydrogens is 1250 g/mol. The summed E-state index contributed by atoms with van der Waals surface area (Å²) in [5.41, 5.74) is 11.8. The standard InChI is InChI=1S/2C25H33ClN2O4.C25H34N2O4/c2*1-18-15-19(2)24(26)21-16-20(27-32-17-22(29)28-12-8-6-9-13-28)11-7-4-3-5-10-14-31-25(30)23(18)21;1-19-15-20(2)24-21(16-19)17-22(11-7-4-3-5-10-14-30-25(24)29)26-31-18-23(28)27-12-8-6-9-13-27/h2*5,10,15H,3-4,6-9,11-14,16-17H2,1-2H3;5,10,15-16H,3-4,6-9,11-14,17-18H2,1-2H3/b10-5+,27-20+;10-5+,27-20-;10-5+,26-22+. The molecule has 516 valence electrons. The highest BCUT2D eigenvalue weighted by Gasteiger charge is 2.27. The van der Waals surface area contributed by atoms with Gasteiger partial charge in [0.15, 0.2) is 19.8 Å². The Morgan fingerprint density at radius 3 is 1.08 bits per heavy atom. The summed E-state index contributed by atoms with van der Waals surface area (Å²) in [5, 5.41) is 14.1. The first kappa shape index (κ1) is 75.1. The van der Waals surface area contributed by atoms with Crippen molar-refractivity contribution in [2.24, 2.45) is 15.5 Å². The molecule has 18 nitrogen and oxygen atoms in total. The SMILES string of the molecule is Cc1cc(C)c2c(c1)C/C(=N/OCC(=O)N1CCCCC1)CCCC/C=C/COC2=O.Cc1cc(C)c2c(c1Cl)C/C(=N/OCC(=O)N1CCCCC1)CCCC/C=C/COC2=O.Cc1cc(C)c2c(c1Cl)C/C(=N\OCC(=O)N1CCCCC1)CCCC/C=C/COC2=O. The first-order chi connectivity index (χ1) is 46.0. The number of aryl methyl sites for hydroxylation is 6. The lowest BCUT2D eigenvalue weighted by Gasteiger charge is -2.26. The quantitative estimate of drug-likeness (QED) is 0.0849. The third-order valence-corrected chi connectivity index (χ3v) is 18.8. The highest BCUT2D eigenvalue weighted by molar-refractivity contribution is 6.33. The van der Waals surface area contributed by atoms with E-state index in [2.05, 4.69) is 21.5 Å². The van der Waals surface area contributed by atoms with E-state index in [1.165, 1.54) is 19.3 Å². The van der Waals surface area contributed by atoms with Gasteiger partial charge in [-0.1, -0.05) is 105 Å². The molecule has 0 aromatic heterocycles. The van der Waals surface area contributed by atoms with E-state index in [0.717, 1.165) is 198 Å². The summed E-state index contributed by atoms with van der Waals surface area (Å²) in [6.07, 6.45) is 33.6. The van der Waals surface area contributed by atoms with Gasteiger partial charge < -0.3 is 43.4 Å². The minimum Gasteiger partial charge on any atom is -0.458 e. The molecule has 3 fully saturated rings. The predicted octanol–water partition coefficient (Wildman–Crippen LogP) is 14.9. The van der Waals surface area contributed by atoms with Gasteiger partial charge in [0.1, 0.15) is 19.8 Å². The van der Waals surface area contributed by atoms with E-state index in [1.54, 1.807) is 0 Å². The molecule has 9 rings (SSSR count). The fraction of sp³-hybridized carbons (Fsp3) is 0.560. The van der Waals surface area contributed by atoms with Crippen LogP contribution in [0.2, 0.25) is 10.0 Å². The minimum absolute atomic E-state index is 0.00510. The summed E-state index contributed by atoms with van der Waals surface area (Å²) < 4.78 is 16.4. The number of fused-ring (bicyclic) bond motifs is 3. The van der Waals surface area contributed by atoms with Gasteiger partial charge in [-0.15, -0.1) is 0 Å². The van der Waals surface area contributed by atoms with Gasteiger partial charge >= 0.3 is 17.9 Å². The number of allylic oxidation sites excluding steroid dienone is 3. The molecule has 0 bridgehead atoms. The van der Waals surface area contributed by atoms with Crippen LogP contribution < -0.4 is 0 Å². The summed E-state index contributed by atoms with van der Waals surface area (Å²) >= 11 is 13.3. The molecule has 3 amide bonds. The summed E-state index contributed by atoms with van der Waals surface area (Å²) in [6.45, 7) is 17.0. The number of cyclic esters (lactones) is 3. The molecular formula is C75H100Cl2N6O12. The van der Waals surface area contributed by atoms with E-state index in [1.807, 2.05) is 111 Å². The number of carbonyl (C=O) groups excluding carboxylic acids is 6. The highest BCUT2D eigenvalue weighted by atomic mass is 35.5. The monoisotopic (exact) mass is 1350 g/mol. The number of esters is 3. The molecule has 0 N–H and O–H groups in total. The van der Waals surface area contributed by atoms with Crippen LogP contribution in [0.5, 0.6) is 0 Å². The van der Waals surface area contributed by atoms with Crippen molar-refractivity contribution in [3.8, 4) is 0 Å². The lowest BCUT2D eigenvalue weighted by molar-refractivity contribution is -0.137. The molecule has 0 unspecified atom stereocenters. The van der Waals surface area contributed by atoms with Gasteiger partial charge in [0.05, 0.1) is 33.8 Å². The van der Waals surface area contributed by atoms with Crippen molar-refractivity contribution < 1.29 is 57.5 Å². The number of rotatable bonds is 9. The molecule has 0 saturated carbocycles. The van der Waals surface area contributed by atoms with Gasteiger partial charge in [0.25, 0.3) is 17.7 Å². The smallest absolute Gasteiger partial charge is 0.339 e. The van der Waals surface area contributed by atoms with E-state index < -0.39 is 0 Å². The van der Waals surface area contributed by atoms with Crippen molar-refractivity contribution in [2.75, 3.05) is 78.9 Å². The first-order valence-corrected chi connectivity index (χ1v) is 35.2. The number of oxime groups is 3. The molecule has 6 heterocycles. The van der Waals surface area contributed by atoms with Crippen LogP contribution in [0.15, 0.2) is 76.2 Å². The fourth-order valence-electron chi connectivity index (χ4n) is 12.8. The van der Waals surface area contributed by atoms with Gasteiger partial charge in [0, 0.05) is 68.6 Å². The molecule has 6 aliphatic heterocycles. The predicted molar refractivity (Wildman–Crippen MR) is 374 cm³/mol. The number of halogens is 2. The summed E-state index contributed by atoms with van der Waals surface area (Å²) in [5.74, 6) is -1.14. The van der Waals surface area contributed by atoms with Gasteiger partial charge in [-0.2, -0.15) is 0 Å². The highest BCUT2D eigenvalue weighted by Crippen LogP contribution is 2.32. The van der Waals surface area contributed by atoms with Crippen LogP contribution in [0, 0.1) is 41.5 Å². The number of hydrogen-bond donors (Lipinski definition) is 0. The van der Waals surface area contributed by atoms with Crippen LogP contribution in [-0.4, -0.2) is 146 Å². The van der Waals surface area contributed by atoms with E-state index in [-0.39, 0.29) is 75.3 Å². The number of piperidine rings is 3. The first-order valence-electron chi connectivity index (χ1n) is 34.5. The molecule has 0 spiro atoms. The number of benzene rings is 3. The molecule has 6 aliphatic rings. The van der Waals surface area contributed by atoms with Gasteiger partial charge in [-0.05, 0) is 221 Å². The van der Waals surface area contributed by atoms with Gasteiger partial charge in [0.2, 0.25) is 0 Å². The second-order valence-corrected chi connectivity index (χ2v) is 26.3. The number of amides is 3. The topological polar surface area (TPSA) is 205 Å². The van der Waals surface area contributed by atoms with Crippen LogP contribution in [0.4, 0.5) is 0 Å². The zero-order valence-electron chi connectivity index (χ0n) is 57.1. The van der Waals surface area contributed by atoms with Crippen LogP contribution in [-0.2, 0) is 62.4 Å². The van der Waals surface area contributed by atoms with Crippen molar-refractivity contribution >= 4 is 76.0 Å². The second-order valence-electron chi connectivity index (χ2n) is 25.6. The Labute approximate surface area is 572 Å². The molecule has 95 heavy (non-hydrogen) atoms. The molecule has 0 atom stereocenters. The molecule has 3 saturated heterocycles. The number of likely N-dealkylation sites (tertiary alicyclic amines) is 3. The Bertz CT molecular complexity index is 3150. The van der Waals surface area contributed by atoms with Crippen LogP contribution >= 0.6 is 23.2 Å². The molecule has 20 heteroatoms. The zero-order valence-corrected chi connectivity index (χ0v) is 58.6. The molecule has 0 aliphatic carbocycles. The number of carbonyl (C=O) groups is 6. The van der Waals surface area contributed by atoms with E-state index in [0.29, 0.717) is 70.0 Å². The Balaban J connectivity index is 0.000000201. The van der Waals surface area contributed by atoms with Crippen LogP contribution in [0.1, 0.15) is 216 Å². The Morgan fingerprint density at radius 1 is 0.400 bits per heavy atom. The third-order valence-electron chi connectivity index (χ3n) is 17.8. The lowest BCUT2D eigenvalue weighted by Crippen LogP contribution is -2.37. The van der Waals surface area contributed by atoms with E-state index in [9.17, 15) is 28.8 Å². The van der Waals surface area contributed by atoms with Gasteiger partial charge in [-0.3, -0.25) is 14.4 Å². The summed E-state index contributed by atoms with van der Waals surface area (Å²) in [4.78, 5) is 97.7. The maximum absolute atomic E-state index is 12.8. The second kappa shape index (κ2) is 40.3. The Hall–Kier alpha value is -7.31. The molecule has 3 aromatic rings. The van der Waals surface area contributed by atoms with Gasteiger partial charge in [-0.25, -0.2) is 14.4 Å². The average molecular weight is 1350 g/mol. The van der Waals surface area contributed by atoms with Crippen molar-refractivity contribution in [2.45, 2.75) is 196 Å². The normalized spacial score (nSPS) is 20.5. The van der Waals surface area contributed by atoms with E-state index >= 15 is 0 Å². The fourth-order valence-corrected chi connectivity index (χ4v) is 13.2. The Kier molecular flexibility index (Phi) is 31.8. The lowest BCUT2D eigenvalue weighted by atomic mass is 9.93. The van der Waals surface area contributed by atoms with Crippen LogP contribution in [0.3, 0.4) is 0 Å². The largest absolute Gasteiger partial charge is 0.458 e. The number of ether oxygens (including phenoxy) is 3. The van der Waals surface area contributed by atoms with E-state index in [4.69, 9.17) is 51.9 Å². The zero-order chi connectivity index (χ0) is 67.9. The summed E-state index contributed by atoms with van der Waals surface area (Å²) in [7, 11) is 0. The van der Waals surface area contributed by atoms with Crippen molar-refractivity contribution in [3.05, 3.63) is 138 Å². The minimum atomic E-state index is -0.385. The van der Waals surface area contributed by atoms with Crippen molar-refractivity contribution in [1.29, 1.82) is 0 Å². The number of nitrogens with zero attached hydrogens (tertiary/aromatic N) is 6. The molecule has 0 radical (unpaired) electrons. The van der Waals surface area contributed by atoms with Crippen molar-refractivity contribution in [1.82, 2.24) is 14.7 Å². The molecule has 3 aromatic carbocycles. The van der Waals surface area contributed by atoms with Crippen molar-refractivity contribution in [3.63, 3.8) is 0 Å². The number of hydrogen-bond acceptors (Lipinski definition) is 15.